The highest BCUT2D eigenvalue weighted by Crippen LogP contribution is 2.17. The van der Waals surface area contributed by atoms with Gasteiger partial charge in [0.05, 0.1) is 12.7 Å². The second kappa shape index (κ2) is 8.25. The molecule has 0 atom stereocenters. The smallest absolute Gasteiger partial charge is 0.332 e. The van der Waals surface area contributed by atoms with E-state index in [1.54, 1.807) is 0 Å². The summed E-state index contributed by atoms with van der Waals surface area (Å²) in [6, 6.07) is 8.11. The third-order valence-corrected chi connectivity index (χ3v) is 5.25. The number of nitrogens with zero attached hydrogens (tertiary/aromatic N) is 6. The summed E-state index contributed by atoms with van der Waals surface area (Å²) in [7, 11) is 2.88. The Hall–Kier alpha value is -4.02. The Morgan fingerprint density at radius 2 is 1.81 bits per heavy atom. The Morgan fingerprint density at radius 1 is 1.09 bits per heavy atom. The van der Waals surface area contributed by atoms with Crippen LogP contribution in [0.15, 0.2) is 44.6 Å². The highest BCUT2D eigenvalue weighted by Gasteiger charge is 2.17. The summed E-state index contributed by atoms with van der Waals surface area (Å²) in [6.45, 7) is 4.05. The van der Waals surface area contributed by atoms with Crippen molar-refractivity contribution in [3.8, 4) is 0 Å². The summed E-state index contributed by atoms with van der Waals surface area (Å²) in [4.78, 5) is 41.1. The van der Waals surface area contributed by atoms with Crippen LogP contribution < -0.4 is 16.6 Å². The first kappa shape index (κ1) is 21.2. The maximum Gasteiger partial charge on any atom is 0.332 e. The number of amides is 1. The first-order chi connectivity index (χ1) is 15.2. The van der Waals surface area contributed by atoms with Crippen LogP contribution >= 0.6 is 0 Å². The summed E-state index contributed by atoms with van der Waals surface area (Å²) >= 11 is 0. The molecular weight excluding hydrogens is 414 g/mol. The molecule has 1 aromatic carbocycles. The average molecular weight is 437 g/mol. The van der Waals surface area contributed by atoms with Crippen molar-refractivity contribution >= 4 is 23.1 Å². The zero-order valence-corrected chi connectivity index (χ0v) is 18.2. The number of hydrogen-bond acceptors (Lipinski definition) is 7. The minimum atomic E-state index is -0.531. The molecule has 4 rings (SSSR count). The van der Waals surface area contributed by atoms with Gasteiger partial charge in [0.1, 0.15) is 6.54 Å². The fourth-order valence-corrected chi connectivity index (χ4v) is 3.40. The van der Waals surface area contributed by atoms with E-state index in [2.05, 4.69) is 46.5 Å². The van der Waals surface area contributed by atoms with Crippen LogP contribution in [0.2, 0.25) is 0 Å². The first-order valence-electron chi connectivity index (χ1n) is 10.1. The van der Waals surface area contributed by atoms with Gasteiger partial charge < -0.3 is 8.98 Å². The SMILES string of the molecule is CC(C)c1ccc(Cc2nnc(NC(=O)Cn3cnc4c3c(=O)n(C)c(=O)n4C)o2)cc1. The predicted molar refractivity (Wildman–Crippen MR) is 116 cm³/mol. The number of imidazole rings is 1. The van der Waals surface area contributed by atoms with Gasteiger partial charge in [-0.3, -0.25) is 24.0 Å². The number of hydrogen-bond donors (Lipinski definition) is 1. The fraction of sp³-hybridized carbons (Fsp3) is 0.333. The molecule has 4 aromatic rings. The second-order valence-corrected chi connectivity index (χ2v) is 7.87. The van der Waals surface area contributed by atoms with Crippen LogP contribution in [0.25, 0.3) is 11.2 Å². The van der Waals surface area contributed by atoms with Crippen molar-refractivity contribution in [2.24, 2.45) is 14.1 Å². The molecule has 0 saturated carbocycles. The van der Waals surface area contributed by atoms with Gasteiger partial charge in [0.15, 0.2) is 11.2 Å². The van der Waals surface area contributed by atoms with Crippen LogP contribution in [0, 0.1) is 0 Å². The van der Waals surface area contributed by atoms with Crippen LogP contribution in [0.3, 0.4) is 0 Å². The molecule has 1 amide bonds. The number of aryl methyl sites for hydroxylation is 1. The molecule has 0 radical (unpaired) electrons. The van der Waals surface area contributed by atoms with Crippen molar-refractivity contribution in [2.45, 2.75) is 32.7 Å². The van der Waals surface area contributed by atoms with Gasteiger partial charge >= 0.3 is 11.7 Å². The molecule has 3 aromatic heterocycles. The van der Waals surface area contributed by atoms with E-state index in [9.17, 15) is 14.4 Å². The van der Waals surface area contributed by atoms with Gasteiger partial charge in [0.2, 0.25) is 11.8 Å². The van der Waals surface area contributed by atoms with Gasteiger partial charge in [-0.1, -0.05) is 43.2 Å². The van der Waals surface area contributed by atoms with Crippen LogP contribution in [0.5, 0.6) is 0 Å². The van der Waals surface area contributed by atoms with Crippen molar-refractivity contribution in [1.29, 1.82) is 0 Å². The molecule has 0 aliphatic rings. The van der Waals surface area contributed by atoms with Crippen molar-refractivity contribution in [2.75, 3.05) is 5.32 Å². The Balaban J connectivity index is 1.46. The van der Waals surface area contributed by atoms with Crippen molar-refractivity contribution in [1.82, 2.24) is 28.9 Å². The molecule has 3 heterocycles. The number of anilines is 1. The largest absolute Gasteiger partial charge is 0.407 e. The maximum atomic E-state index is 12.5. The molecule has 11 heteroatoms. The number of carbonyl (C=O) groups excluding carboxylic acids is 1. The van der Waals surface area contributed by atoms with E-state index in [-0.39, 0.29) is 23.7 Å². The average Bonchev–Trinajstić information content (AvgIpc) is 3.38. The lowest BCUT2D eigenvalue weighted by Crippen LogP contribution is -2.37. The lowest BCUT2D eigenvalue weighted by molar-refractivity contribution is -0.116. The van der Waals surface area contributed by atoms with Gasteiger partial charge in [-0.2, -0.15) is 0 Å². The summed E-state index contributed by atoms with van der Waals surface area (Å²) in [6.07, 6.45) is 1.78. The standard InChI is InChI=1S/C21H23N7O4/c1-12(2)14-7-5-13(6-8-14)9-16-24-25-20(32-16)23-15(29)10-28-11-22-18-17(28)19(30)27(4)21(31)26(18)3/h5-8,11-12H,9-10H2,1-4H3,(H,23,25,29). The minimum Gasteiger partial charge on any atom is -0.407 e. The molecule has 1 N–H and O–H groups in total. The Bertz CT molecular complexity index is 1410. The monoisotopic (exact) mass is 437 g/mol. The number of fused-ring (bicyclic) bond motifs is 1. The van der Waals surface area contributed by atoms with Crippen LogP contribution in [0.4, 0.5) is 6.01 Å². The van der Waals surface area contributed by atoms with E-state index in [1.807, 2.05) is 12.1 Å². The molecular formula is C21H23N7O4. The zero-order valence-electron chi connectivity index (χ0n) is 18.2. The lowest BCUT2D eigenvalue weighted by Gasteiger charge is -2.06. The normalized spacial score (nSPS) is 11.4. The van der Waals surface area contributed by atoms with Crippen molar-refractivity contribution < 1.29 is 9.21 Å². The Kier molecular flexibility index (Phi) is 5.47. The van der Waals surface area contributed by atoms with E-state index in [1.165, 1.54) is 35.1 Å². The Labute approximate surface area is 182 Å². The third kappa shape index (κ3) is 3.96. The summed E-state index contributed by atoms with van der Waals surface area (Å²) in [5.41, 5.74) is 1.60. The molecule has 0 spiro atoms. The van der Waals surface area contributed by atoms with E-state index >= 15 is 0 Å². The summed E-state index contributed by atoms with van der Waals surface area (Å²) in [5.74, 6) is 0.346. The quantitative estimate of drug-likeness (QED) is 0.479. The number of nitrogens with one attached hydrogen (secondary N) is 1. The fourth-order valence-electron chi connectivity index (χ4n) is 3.40. The van der Waals surface area contributed by atoms with E-state index in [0.29, 0.717) is 18.2 Å². The maximum absolute atomic E-state index is 12.5. The van der Waals surface area contributed by atoms with E-state index in [4.69, 9.17) is 4.42 Å². The number of benzene rings is 1. The van der Waals surface area contributed by atoms with E-state index < -0.39 is 17.2 Å². The van der Waals surface area contributed by atoms with Gasteiger partial charge in [-0.05, 0) is 17.0 Å². The molecule has 0 fully saturated rings. The van der Waals surface area contributed by atoms with Crippen molar-refractivity contribution in [3.63, 3.8) is 0 Å². The van der Waals surface area contributed by atoms with Gasteiger partial charge in [-0.15, -0.1) is 5.10 Å². The lowest BCUT2D eigenvalue weighted by atomic mass is 10.0. The molecule has 0 aliphatic heterocycles. The van der Waals surface area contributed by atoms with Crippen molar-refractivity contribution in [3.05, 3.63) is 68.4 Å². The molecule has 0 aliphatic carbocycles. The first-order valence-corrected chi connectivity index (χ1v) is 10.1. The predicted octanol–water partition coefficient (Wildman–Crippen LogP) is 1.17. The summed E-state index contributed by atoms with van der Waals surface area (Å²) < 4.78 is 9.13. The minimum absolute atomic E-state index is 0.0338. The Morgan fingerprint density at radius 3 is 2.50 bits per heavy atom. The number of aromatic nitrogens is 6. The zero-order chi connectivity index (χ0) is 23.0. The molecule has 11 nitrogen and oxygen atoms in total. The van der Waals surface area contributed by atoms with Gasteiger partial charge in [0.25, 0.3) is 5.56 Å². The second-order valence-electron chi connectivity index (χ2n) is 7.87. The van der Waals surface area contributed by atoms with Crippen LogP contribution in [-0.2, 0) is 31.9 Å². The molecule has 166 valence electrons. The molecule has 32 heavy (non-hydrogen) atoms. The highest BCUT2D eigenvalue weighted by atomic mass is 16.4. The molecule has 0 saturated heterocycles. The van der Waals surface area contributed by atoms with Crippen LogP contribution in [-0.4, -0.2) is 34.8 Å². The number of carbonyl (C=O) groups is 1. The highest BCUT2D eigenvalue weighted by molar-refractivity contribution is 5.89. The van der Waals surface area contributed by atoms with E-state index in [0.717, 1.165) is 10.1 Å². The van der Waals surface area contributed by atoms with Gasteiger partial charge in [0, 0.05) is 14.1 Å². The van der Waals surface area contributed by atoms with Crippen LogP contribution in [0.1, 0.15) is 36.8 Å². The summed E-state index contributed by atoms with van der Waals surface area (Å²) in [5, 5.41) is 10.4. The molecule has 0 unspecified atom stereocenters. The topological polar surface area (TPSA) is 130 Å². The van der Waals surface area contributed by atoms with Gasteiger partial charge in [-0.25, -0.2) is 9.78 Å². The number of rotatable bonds is 6. The third-order valence-electron chi connectivity index (χ3n) is 5.25. The molecule has 0 bridgehead atoms.